The summed E-state index contributed by atoms with van der Waals surface area (Å²) in [7, 11) is -7.18. The maximum absolute atomic E-state index is 12.8. The molecular formula is C21H24N4O5S2. The highest BCUT2D eigenvalue weighted by atomic mass is 32.2. The first kappa shape index (κ1) is 22.3. The fourth-order valence-corrected chi connectivity index (χ4v) is 5.96. The summed E-state index contributed by atoms with van der Waals surface area (Å²) in [6.07, 6.45) is 3.91. The van der Waals surface area contributed by atoms with E-state index in [2.05, 4.69) is 15.0 Å². The van der Waals surface area contributed by atoms with E-state index in [0.717, 1.165) is 18.2 Å². The van der Waals surface area contributed by atoms with Crippen molar-refractivity contribution in [2.45, 2.75) is 30.6 Å². The lowest BCUT2D eigenvalue weighted by Crippen LogP contribution is -2.34. The highest BCUT2D eigenvalue weighted by Crippen LogP contribution is 2.30. The van der Waals surface area contributed by atoms with Crippen LogP contribution in [0.3, 0.4) is 0 Å². The number of anilines is 2. The Morgan fingerprint density at radius 1 is 1.03 bits per heavy atom. The number of nitrogens with one attached hydrogen (secondary N) is 2. The number of aryl methyl sites for hydroxylation is 1. The van der Waals surface area contributed by atoms with Crippen LogP contribution in [0.1, 0.15) is 35.2 Å². The van der Waals surface area contributed by atoms with E-state index < -0.39 is 26.0 Å². The van der Waals surface area contributed by atoms with Crippen LogP contribution in [0.2, 0.25) is 0 Å². The van der Waals surface area contributed by atoms with E-state index in [1.807, 2.05) is 0 Å². The summed E-state index contributed by atoms with van der Waals surface area (Å²) in [4.78, 5) is 16.9. The maximum Gasteiger partial charge on any atom is 0.262 e. The molecule has 32 heavy (non-hydrogen) atoms. The lowest BCUT2D eigenvalue weighted by atomic mass is 10.0. The van der Waals surface area contributed by atoms with E-state index in [1.165, 1.54) is 16.4 Å². The van der Waals surface area contributed by atoms with E-state index in [9.17, 15) is 21.6 Å². The highest BCUT2D eigenvalue weighted by molar-refractivity contribution is 7.92. The van der Waals surface area contributed by atoms with Crippen LogP contribution in [0.15, 0.2) is 52.4 Å². The Labute approximate surface area is 187 Å². The minimum atomic E-state index is -3.79. The molecule has 0 radical (unpaired) electrons. The molecule has 0 spiro atoms. The van der Waals surface area contributed by atoms with Gasteiger partial charge in [0.25, 0.3) is 15.9 Å². The van der Waals surface area contributed by atoms with Crippen LogP contribution in [0, 0.1) is 0 Å². The van der Waals surface area contributed by atoms with Crippen molar-refractivity contribution in [1.29, 1.82) is 0 Å². The molecule has 2 N–H and O–H groups in total. The quantitative estimate of drug-likeness (QED) is 0.684. The summed E-state index contributed by atoms with van der Waals surface area (Å²) in [5.74, 6) is 0.0311. The van der Waals surface area contributed by atoms with Gasteiger partial charge in [-0.05, 0) is 61.2 Å². The third kappa shape index (κ3) is 4.78. The average Bonchev–Trinajstić information content (AvgIpc) is 3.24. The molecule has 2 aliphatic rings. The summed E-state index contributed by atoms with van der Waals surface area (Å²) in [6, 6.07) is 10.9. The molecule has 0 aromatic heterocycles. The van der Waals surface area contributed by atoms with Gasteiger partial charge in [0.1, 0.15) is 5.84 Å². The van der Waals surface area contributed by atoms with Gasteiger partial charge >= 0.3 is 0 Å². The number of nitrogens with zero attached hydrogens (tertiary/aromatic N) is 2. The van der Waals surface area contributed by atoms with Gasteiger partial charge in [-0.1, -0.05) is 6.07 Å². The third-order valence-corrected chi connectivity index (χ3v) is 7.91. The van der Waals surface area contributed by atoms with E-state index in [0.29, 0.717) is 55.1 Å². The molecule has 2 heterocycles. The predicted octanol–water partition coefficient (Wildman–Crippen LogP) is 2.12. The molecule has 9 nitrogen and oxygen atoms in total. The summed E-state index contributed by atoms with van der Waals surface area (Å²) in [5, 5.41) is 2.72. The molecule has 0 fully saturated rings. The summed E-state index contributed by atoms with van der Waals surface area (Å²) < 4.78 is 53.1. The van der Waals surface area contributed by atoms with E-state index >= 15 is 0 Å². The largest absolute Gasteiger partial charge is 0.322 e. The highest BCUT2D eigenvalue weighted by Gasteiger charge is 2.25. The van der Waals surface area contributed by atoms with Crippen molar-refractivity contribution in [1.82, 2.24) is 4.72 Å². The van der Waals surface area contributed by atoms with Crippen LogP contribution in [-0.4, -0.2) is 47.9 Å². The Kier molecular flexibility index (Phi) is 5.95. The van der Waals surface area contributed by atoms with Crippen LogP contribution in [0.25, 0.3) is 0 Å². The number of benzene rings is 2. The molecule has 0 unspecified atom stereocenters. The molecular weight excluding hydrogens is 452 g/mol. The van der Waals surface area contributed by atoms with Crippen LogP contribution >= 0.6 is 0 Å². The van der Waals surface area contributed by atoms with Crippen LogP contribution in [-0.2, 0) is 26.5 Å². The number of carbonyl (C=O) groups excluding carboxylic acids is 1. The van der Waals surface area contributed by atoms with E-state index in [-0.39, 0.29) is 4.90 Å². The molecule has 11 heteroatoms. The Bertz CT molecular complexity index is 1300. The molecule has 0 bridgehead atoms. The summed E-state index contributed by atoms with van der Waals surface area (Å²) in [5.41, 5.74) is 2.07. The van der Waals surface area contributed by atoms with Gasteiger partial charge in [-0.3, -0.25) is 18.8 Å². The minimum Gasteiger partial charge on any atom is -0.322 e. The zero-order valence-electron chi connectivity index (χ0n) is 17.5. The standard InChI is InChI=1S/C21H24N4O5S2/c1-31(27,28)25-12-4-5-15-13-16(9-10-19(15)25)21(26)23-17-6-2-7-18(14-17)32(29,30)24-20-8-3-11-22-20/h2,6-7,9-10,13-14H,3-5,8,11-12H2,1H3,(H,22,24)(H,23,26). The predicted molar refractivity (Wildman–Crippen MR) is 123 cm³/mol. The van der Waals surface area contributed by atoms with Crippen molar-refractivity contribution in [2.24, 2.45) is 4.99 Å². The van der Waals surface area contributed by atoms with Gasteiger partial charge in [0, 0.05) is 30.8 Å². The smallest absolute Gasteiger partial charge is 0.262 e. The van der Waals surface area contributed by atoms with Gasteiger partial charge in [0.15, 0.2) is 0 Å². The molecule has 4 rings (SSSR count). The van der Waals surface area contributed by atoms with Gasteiger partial charge in [-0.2, -0.15) is 0 Å². The van der Waals surface area contributed by atoms with Crippen molar-refractivity contribution in [2.75, 3.05) is 29.0 Å². The van der Waals surface area contributed by atoms with Crippen molar-refractivity contribution < 1.29 is 21.6 Å². The molecule has 0 saturated carbocycles. The molecule has 170 valence electrons. The molecule has 2 aromatic rings. The van der Waals surface area contributed by atoms with Gasteiger partial charge in [-0.25, -0.2) is 16.8 Å². The number of sulfonamides is 2. The number of hydrogen-bond donors (Lipinski definition) is 2. The topological polar surface area (TPSA) is 125 Å². The third-order valence-electron chi connectivity index (χ3n) is 5.35. The second kappa shape index (κ2) is 8.55. The number of amidine groups is 1. The Balaban J connectivity index is 1.53. The molecule has 1 amide bonds. The van der Waals surface area contributed by atoms with Gasteiger partial charge in [-0.15, -0.1) is 0 Å². The molecule has 2 aromatic carbocycles. The first-order chi connectivity index (χ1) is 15.1. The second-order valence-corrected chi connectivity index (χ2v) is 11.4. The van der Waals surface area contributed by atoms with Crippen LogP contribution < -0.4 is 14.3 Å². The Morgan fingerprint density at radius 3 is 2.56 bits per heavy atom. The molecule has 2 aliphatic heterocycles. The van der Waals surface area contributed by atoms with Crippen molar-refractivity contribution in [3.63, 3.8) is 0 Å². The lowest BCUT2D eigenvalue weighted by molar-refractivity contribution is 0.102. The Hall–Kier alpha value is -2.92. The molecule has 0 saturated heterocycles. The zero-order chi connectivity index (χ0) is 22.9. The van der Waals surface area contributed by atoms with Gasteiger partial charge < -0.3 is 5.32 Å². The van der Waals surface area contributed by atoms with E-state index in [4.69, 9.17) is 0 Å². The SMILES string of the molecule is CS(=O)(=O)N1CCCc2cc(C(=O)Nc3cccc(S(=O)(=O)NC4=NCCC4)c3)ccc21. The monoisotopic (exact) mass is 476 g/mol. The van der Waals surface area contributed by atoms with Gasteiger partial charge in [0.05, 0.1) is 16.8 Å². The number of hydrogen-bond acceptors (Lipinski definition) is 6. The average molecular weight is 477 g/mol. The number of aliphatic imine (C=N–C) groups is 1. The van der Waals surface area contributed by atoms with Crippen molar-refractivity contribution in [3.8, 4) is 0 Å². The van der Waals surface area contributed by atoms with E-state index in [1.54, 1.807) is 30.3 Å². The summed E-state index contributed by atoms with van der Waals surface area (Å²) >= 11 is 0. The first-order valence-corrected chi connectivity index (χ1v) is 13.5. The maximum atomic E-state index is 12.8. The number of carbonyl (C=O) groups is 1. The molecule has 0 atom stereocenters. The zero-order valence-corrected chi connectivity index (χ0v) is 19.2. The number of amides is 1. The normalized spacial score (nSPS) is 16.3. The van der Waals surface area contributed by atoms with Crippen LogP contribution in [0.5, 0.6) is 0 Å². The number of fused-ring (bicyclic) bond motifs is 1. The second-order valence-electron chi connectivity index (χ2n) is 7.80. The Morgan fingerprint density at radius 2 is 1.84 bits per heavy atom. The van der Waals surface area contributed by atoms with Crippen molar-refractivity contribution >= 4 is 43.2 Å². The number of rotatable bonds is 5. The lowest BCUT2D eigenvalue weighted by Gasteiger charge is -2.29. The van der Waals surface area contributed by atoms with Crippen LogP contribution in [0.4, 0.5) is 11.4 Å². The van der Waals surface area contributed by atoms with Gasteiger partial charge in [0.2, 0.25) is 10.0 Å². The fourth-order valence-electron chi connectivity index (χ4n) is 3.83. The molecule has 0 aliphatic carbocycles. The first-order valence-electron chi connectivity index (χ1n) is 10.2. The minimum absolute atomic E-state index is 0.0270. The summed E-state index contributed by atoms with van der Waals surface area (Å²) in [6.45, 7) is 1.02. The van der Waals surface area contributed by atoms with Crippen molar-refractivity contribution in [3.05, 3.63) is 53.6 Å². The fraction of sp³-hybridized carbons (Fsp3) is 0.333.